The predicted molar refractivity (Wildman–Crippen MR) is 74.1 cm³/mol. The molecule has 19 heavy (non-hydrogen) atoms. The molecule has 2 N–H and O–H groups in total. The number of esters is 1. The molecule has 0 saturated heterocycles. The third kappa shape index (κ3) is 3.65. The summed E-state index contributed by atoms with van der Waals surface area (Å²) in [5.74, 6) is 0.308. The number of nitrogens with two attached hydrogens (primary N) is 1. The van der Waals surface area contributed by atoms with E-state index in [4.69, 9.17) is 10.5 Å². The van der Waals surface area contributed by atoms with Gasteiger partial charge in [0.2, 0.25) is 0 Å². The fraction of sp³-hybridized carbons (Fsp3) is 0.273. The van der Waals surface area contributed by atoms with Crippen molar-refractivity contribution in [2.45, 2.75) is 17.8 Å². The number of carbonyl (C=O) groups is 1. The molecule has 0 saturated carbocycles. The SMILES string of the molecule is CCOC(=O)c1cnc(SCc2nccs2)nc1N. The van der Waals surface area contributed by atoms with Gasteiger partial charge in [-0.1, -0.05) is 11.8 Å². The van der Waals surface area contributed by atoms with Gasteiger partial charge in [-0.3, -0.25) is 0 Å². The first kappa shape index (κ1) is 13.8. The minimum Gasteiger partial charge on any atom is -0.462 e. The molecule has 0 atom stereocenters. The molecule has 2 rings (SSSR count). The van der Waals surface area contributed by atoms with Gasteiger partial charge in [-0.2, -0.15) is 0 Å². The molecule has 100 valence electrons. The van der Waals surface area contributed by atoms with Crippen molar-refractivity contribution < 1.29 is 9.53 Å². The number of rotatable bonds is 5. The van der Waals surface area contributed by atoms with Crippen LogP contribution in [0.15, 0.2) is 22.9 Å². The fourth-order valence-electron chi connectivity index (χ4n) is 1.26. The van der Waals surface area contributed by atoms with Gasteiger partial charge in [0.15, 0.2) is 5.16 Å². The second-order valence-electron chi connectivity index (χ2n) is 3.39. The van der Waals surface area contributed by atoms with Crippen LogP contribution in [0.1, 0.15) is 22.3 Å². The third-order valence-corrected chi connectivity index (χ3v) is 3.93. The summed E-state index contributed by atoms with van der Waals surface area (Å²) in [5.41, 5.74) is 5.92. The Labute approximate surface area is 118 Å². The van der Waals surface area contributed by atoms with Crippen LogP contribution in [-0.2, 0) is 10.5 Å². The molecule has 2 aromatic heterocycles. The average molecular weight is 296 g/mol. The Morgan fingerprint density at radius 3 is 3.00 bits per heavy atom. The molecular formula is C11H12N4O2S2. The van der Waals surface area contributed by atoms with E-state index in [1.54, 1.807) is 24.5 Å². The van der Waals surface area contributed by atoms with Crippen LogP contribution in [0.2, 0.25) is 0 Å². The normalized spacial score (nSPS) is 10.4. The van der Waals surface area contributed by atoms with Crippen LogP contribution in [-0.4, -0.2) is 27.5 Å². The summed E-state index contributed by atoms with van der Waals surface area (Å²) in [6.07, 6.45) is 3.14. The second-order valence-corrected chi connectivity index (χ2v) is 5.31. The Morgan fingerprint density at radius 1 is 1.53 bits per heavy atom. The van der Waals surface area contributed by atoms with Gasteiger partial charge in [0, 0.05) is 17.8 Å². The number of ether oxygens (including phenoxy) is 1. The van der Waals surface area contributed by atoms with Gasteiger partial charge in [0.1, 0.15) is 16.4 Å². The monoisotopic (exact) mass is 296 g/mol. The van der Waals surface area contributed by atoms with E-state index >= 15 is 0 Å². The molecule has 0 aliphatic heterocycles. The number of nitrogen functional groups attached to an aromatic ring is 1. The molecule has 0 bridgehead atoms. The van der Waals surface area contributed by atoms with Gasteiger partial charge in [-0.15, -0.1) is 11.3 Å². The lowest BCUT2D eigenvalue weighted by Gasteiger charge is -2.05. The van der Waals surface area contributed by atoms with Crippen LogP contribution >= 0.6 is 23.1 Å². The van der Waals surface area contributed by atoms with Gasteiger partial charge >= 0.3 is 5.97 Å². The fourth-order valence-corrected chi connectivity index (χ4v) is 2.73. The minimum atomic E-state index is -0.503. The van der Waals surface area contributed by atoms with E-state index in [0.717, 1.165) is 5.01 Å². The van der Waals surface area contributed by atoms with Crippen LogP contribution in [0, 0.1) is 0 Å². The highest BCUT2D eigenvalue weighted by molar-refractivity contribution is 7.98. The van der Waals surface area contributed by atoms with Crippen molar-refractivity contribution >= 4 is 34.9 Å². The molecule has 0 unspecified atom stereocenters. The number of hydrogen-bond acceptors (Lipinski definition) is 8. The molecule has 2 heterocycles. The Kier molecular flexibility index (Phi) is 4.69. The molecule has 2 aromatic rings. The van der Waals surface area contributed by atoms with E-state index in [1.807, 2.05) is 5.38 Å². The van der Waals surface area contributed by atoms with Crippen molar-refractivity contribution in [1.29, 1.82) is 0 Å². The summed E-state index contributed by atoms with van der Waals surface area (Å²) in [4.78, 5) is 23.9. The van der Waals surface area contributed by atoms with Gasteiger partial charge in [-0.05, 0) is 6.92 Å². The quantitative estimate of drug-likeness (QED) is 0.512. The molecule has 0 radical (unpaired) electrons. The van der Waals surface area contributed by atoms with E-state index in [1.165, 1.54) is 18.0 Å². The lowest BCUT2D eigenvalue weighted by atomic mass is 10.3. The molecule has 8 heteroatoms. The topological polar surface area (TPSA) is 91.0 Å². The van der Waals surface area contributed by atoms with Crippen LogP contribution in [0.25, 0.3) is 0 Å². The summed E-state index contributed by atoms with van der Waals surface area (Å²) < 4.78 is 4.85. The highest BCUT2D eigenvalue weighted by atomic mass is 32.2. The molecule has 0 spiro atoms. The van der Waals surface area contributed by atoms with Crippen LogP contribution in [0.4, 0.5) is 5.82 Å². The largest absolute Gasteiger partial charge is 0.462 e. The smallest absolute Gasteiger partial charge is 0.343 e. The number of thiazole rings is 1. The third-order valence-electron chi connectivity index (χ3n) is 2.10. The lowest BCUT2D eigenvalue weighted by molar-refractivity contribution is 0.0526. The first-order valence-corrected chi connectivity index (χ1v) is 7.38. The van der Waals surface area contributed by atoms with Crippen molar-refractivity contribution in [3.8, 4) is 0 Å². The number of anilines is 1. The molecule has 0 aromatic carbocycles. The van der Waals surface area contributed by atoms with Crippen molar-refractivity contribution in [2.75, 3.05) is 12.3 Å². The second kappa shape index (κ2) is 6.48. The van der Waals surface area contributed by atoms with Gasteiger partial charge in [0.25, 0.3) is 0 Å². The maximum atomic E-state index is 11.5. The molecule has 0 fully saturated rings. The Morgan fingerprint density at radius 2 is 2.37 bits per heavy atom. The maximum Gasteiger partial charge on any atom is 0.343 e. The van der Waals surface area contributed by atoms with Crippen molar-refractivity contribution in [3.05, 3.63) is 28.3 Å². The first-order valence-electron chi connectivity index (χ1n) is 5.51. The first-order chi connectivity index (χ1) is 9.20. The van der Waals surface area contributed by atoms with Crippen molar-refractivity contribution in [2.24, 2.45) is 0 Å². The van der Waals surface area contributed by atoms with Gasteiger partial charge in [-0.25, -0.2) is 19.7 Å². The Hall–Kier alpha value is -1.67. The molecule has 6 nitrogen and oxygen atoms in total. The average Bonchev–Trinajstić information content (AvgIpc) is 2.89. The summed E-state index contributed by atoms with van der Waals surface area (Å²) in [5, 5.41) is 3.41. The molecule has 0 aliphatic carbocycles. The van der Waals surface area contributed by atoms with Crippen molar-refractivity contribution in [1.82, 2.24) is 15.0 Å². The Balaban J connectivity index is 2.04. The number of carbonyl (C=O) groups excluding carboxylic acids is 1. The van der Waals surface area contributed by atoms with Gasteiger partial charge in [0.05, 0.1) is 12.4 Å². The number of nitrogens with zero attached hydrogens (tertiary/aromatic N) is 3. The van der Waals surface area contributed by atoms with Gasteiger partial charge < -0.3 is 10.5 Å². The summed E-state index contributed by atoms with van der Waals surface area (Å²) in [7, 11) is 0. The number of hydrogen-bond donors (Lipinski definition) is 1. The number of thioether (sulfide) groups is 1. The van der Waals surface area contributed by atoms with E-state index in [9.17, 15) is 4.79 Å². The minimum absolute atomic E-state index is 0.134. The molecular weight excluding hydrogens is 284 g/mol. The van der Waals surface area contributed by atoms with Crippen molar-refractivity contribution in [3.63, 3.8) is 0 Å². The highest BCUT2D eigenvalue weighted by Crippen LogP contribution is 2.22. The Bertz CT molecular complexity index is 560. The lowest BCUT2D eigenvalue weighted by Crippen LogP contribution is -2.10. The van der Waals surface area contributed by atoms with E-state index < -0.39 is 5.97 Å². The predicted octanol–water partition coefficient (Wildman–Crippen LogP) is 1.98. The number of aromatic nitrogens is 3. The van der Waals surface area contributed by atoms with E-state index in [2.05, 4.69) is 15.0 Å². The molecule has 0 aliphatic rings. The zero-order valence-electron chi connectivity index (χ0n) is 10.2. The van der Waals surface area contributed by atoms with E-state index in [-0.39, 0.29) is 11.4 Å². The summed E-state index contributed by atoms with van der Waals surface area (Å²) in [6.45, 7) is 2.02. The summed E-state index contributed by atoms with van der Waals surface area (Å²) >= 11 is 2.99. The standard InChI is InChI=1S/C11H12N4O2S2/c1-2-17-10(16)7-5-14-11(15-9(7)12)19-6-8-13-3-4-18-8/h3-5H,2,6H2,1H3,(H2,12,14,15). The zero-order valence-corrected chi connectivity index (χ0v) is 11.8. The maximum absolute atomic E-state index is 11.5. The highest BCUT2D eigenvalue weighted by Gasteiger charge is 2.13. The van der Waals surface area contributed by atoms with Crippen LogP contribution in [0.3, 0.4) is 0 Å². The zero-order chi connectivity index (χ0) is 13.7. The van der Waals surface area contributed by atoms with Crippen LogP contribution < -0.4 is 5.73 Å². The van der Waals surface area contributed by atoms with Crippen LogP contribution in [0.5, 0.6) is 0 Å². The molecule has 0 amide bonds. The summed E-state index contributed by atoms with van der Waals surface area (Å²) in [6, 6.07) is 0. The van der Waals surface area contributed by atoms with E-state index in [0.29, 0.717) is 17.5 Å².